The number of pyridine rings is 1. The van der Waals surface area contributed by atoms with Gasteiger partial charge in [0.2, 0.25) is 0 Å². The first kappa shape index (κ1) is 20.3. The highest BCUT2D eigenvalue weighted by molar-refractivity contribution is 5.51. The molecule has 1 nitrogen and oxygen atoms in total. The Morgan fingerprint density at radius 1 is 0.938 bits per heavy atom. The molecule has 1 heteroatoms. The van der Waals surface area contributed by atoms with Gasteiger partial charge in [-0.1, -0.05) is 54.2 Å². The number of aryl methyl sites for hydroxylation is 1. The molecule has 1 heterocycles. The standard InChI is InChI=1S/C9H11N.3C2H6/c1-4-9-6-10-5-7(2)8(9)3;3*1-2/h4-6H,1H2,2-3H3;3*1-2H3. The molecule has 0 aromatic carbocycles. The second-order valence-electron chi connectivity index (χ2n) is 2.37. The lowest BCUT2D eigenvalue weighted by Crippen LogP contribution is -1.86. The minimum Gasteiger partial charge on any atom is -0.264 e. The summed E-state index contributed by atoms with van der Waals surface area (Å²) in [6, 6.07) is 0. The molecule has 0 fully saturated rings. The van der Waals surface area contributed by atoms with Crippen molar-refractivity contribution in [3.8, 4) is 0 Å². The van der Waals surface area contributed by atoms with E-state index in [2.05, 4.69) is 25.4 Å². The summed E-state index contributed by atoms with van der Waals surface area (Å²) < 4.78 is 0. The van der Waals surface area contributed by atoms with E-state index >= 15 is 0 Å². The van der Waals surface area contributed by atoms with Crippen molar-refractivity contribution < 1.29 is 0 Å². The smallest absolute Gasteiger partial charge is 0.0342 e. The van der Waals surface area contributed by atoms with Crippen LogP contribution in [-0.4, -0.2) is 4.98 Å². The first-order valence-electron chi connectivity index (χ1n) is 6.29. The van der Waals surface area contributed by atoms with Crippen LogP contribution in [0.5, 0.6) is 0 Å². The van der Waals surface area contributed by atoms with E-state index in [9.17, 15) is 0 Å². The molecule has 0 bridgehead atoms. The largest absolute Gasteiger partial charge is 0.264 e. The van der Waals surface area contributed by atoms with Gasteiger partial charge < -0.3 is 0 Å². The lowest BCUT2D eigenvalue weighted by molar-refractivity contribution is 1.20. The molecule has 1 aromatic rings. The average Bonchev–Trinajstić information content (AvgIpc) is 2.40. The SMILES string of the molecule is C=Cc1cncc(C)c1C.CC.CC.CC. The summed E-state index contributed by atoms with van der Waals surface area (Å²) in [7, 11) is 0. The predicted octanol–water partition coefficient (Wildman–Crippen LogP) is 5.42. The van der Waals surface area contributed by atoms with Gasteiger partial charge in [0.1, 0.15) is 0 Å². The Bertz CT molecular complexity index is 252. The van der Waals surface area contributed by atoms with Gasteiger partial charge in [-0.15, -0.1) is 0 Å². The van der Waals surface area contributed by atoms with Crippen molar-refractivity contribution in [2.75, 3.05) is 0 Å². The molecular formula is C15H29N. The van der Waals surface area contributed by atoms with Crippen LogP contribution in [0.1, 0.15) is 58.2 Å². The Kier molecular flexibility index (Phi) is 20.7. The summed E-state index contributed by atoms with van der Waals surface area (Å²) in [6.07, 6.45) is 5.52. The van der Waals surface area contributed by atoms with Gasteiger partial charge in [-0.05, 0) is 30.5 Å². The Balaban J connectivity index is -0.000000245. The van der Waals surface area contributed by atoms with Crippen molar-refractivity contribution >= 4 is 6.08 Å². The van der Waals surface area contributed by atoms with Gasteiger partial charge in [0.25, 0.3) is 0 Å². The van der Waals surface area contributed by atoms with Gasteiger partial charge in [0.05, 0.1) is 0 Å². The van der Waals surface area contributed by atoms with Crippen LogP contribution >= 0.6 is 0 Å². The Hall–Kier alpha value is -1.11. The van der Waals surface area contributed by atoms with Gasteiger partial charge in [0, 0.05) is 12.4 Å². The Morgan fingerprint density at radius 2 is 1.38 bits per heavy atom. The first-order chi connectivity index (χ1) is 7.75. The lowest BCUT2D eigenvalue weighted by atomic mass is 10.1. The molecule has 0 saturated heterocycles. The van der Waals surface area contributed by atoms with E-state index in [0.717, 1.165) is 5.56 Å². The van der Waals surface area contributed by atoms with Crippen LogP contribution in [0.15, 0.2) is 19.0 Å². The second-order valence-corrected chi connectivity index (χ2v) is 2.37. The topological polar surface area (TPSA) is 12.9 Å². The van der Waals surface area contributed by atoms with Crippen molar-refractivity contribution in [2.24, 2.45) is 0 Å². The average molecular weight is 223 g/mol. The fourth-order valence-corrected chi connectivity index (χ4v) is 0.856. The third-order valence-electron chi connectivity index (χ3n) is 1.73. The van der Waals surface area contributed by atoms with E-state index in [4.69, 9.17) is 0 Å². The maximum atomic E-state index is 4.04. The van der Waals surface area contributed by atoms with E-state index in [1.54, 1.807) is 0 Å². The Labute approximate surface area is 103 Å². The number of hydrogen-bond acceptors (Lipinski definition) is 1. The molecule has 1 rings (SSSR count). The summed E-state index contributed by atoms with van der Waals surface area (Å²) in [5, 5.41) is 0. The third-order valence-corrected chi connectivity index (χ3v) is 1.73. The molecule has 16 heavy (non-hydrogen) atoms. The second kappa shape index (κ2) is 16.3. The number of rotatable bonds is 1. The van der Waals surface area contributed by atoms with Crippen molar-refractivity contribution in [3.05, 3.63) is 35.7 Å². The van der Waals surface area contributed by atoms with Crippen LogP contribution in [-0.2, 0) is 0 Å². The minimum absolute atomic E-state index is 1.13. The van der Waals surface area contributed by atoms with E-state index in [1.165, 1.54) is 11.1 Å². The quantitative estimate of drug-likeness (QED) is 0.619. The summed E-state index contributed by atoms with van der Waals surface area (Å²) >= 11 is 0. The molecule has 0 aliphatic carbocycles. The molecule has 1 aromatic heterocycles. The van der Waals surface area contributed by atoms with Crippen molar-refractivity contribution in [1.82, 2.24) is 4.98 Å². The highest BCUT2D eigenvalue weighted by atomic mass is 14.6. The number of aromatic nitrogens is 1. The molecule has 0 atom stereocenters. The zero-order chi connectivity index (χ0) is 13.6. The highest BCUT2D eigenvalue weighted by Crippen LogP contribution is 2.10. The van der Waals surface area contributed by atoms with Crippen LogP contribution in [0.25, 0.3) is 6.08 Å². The van der Waals surface area contributed by atoms with E-state index in [1.807, 2.05) is 60.0 Å². The van der Waals surface area contributed by atoms with E-state index in [-0.39, 0.29) is 0 Å². The first-order valence-corrected chi connectivity index (χ1v) is 6.29. The van der Waals surface area contributed by atoms with Gasteiger partial charge in [-0.25, -0.2) is 0 Å². The fraction of sp³-hybridized carbons (Fsp3) is 0.533. The maximum Gasteiger partial charge on any atom is 0.0342 e. The van der Waals surface area contributed by atoms with E-state index < -0.39 is 0 Å². The van der Waals surface area contributed by atoms with Crippen molar-refractivity contribution in [3.63, 3.8) is 0 Å². The predicted molar refractivity (Wildman–Crippen MR) is 77.8 cm³/mol. The zero-order valence-electron chi connectivity index (χ0n) is 12.4. The molecule has 0 aliphatic rings. The summed E-state index contributed by atoms with van der Waals surface area (Å²) in [5.41, 5.74) is 3.61. The van der Waals surface area contributed by atoms with Gasteiger partial charge >= 0.3 is 0 Å². The molecule has 0 unspecified atom stereocenters. The van der Waals surface area contributed by atoms with Crippen LogP contribution in [0, 0.1) is 13.8 Å². The fourth-order valence-electron chi connectivity index (χ4n) is 0.856. The molecule has 0 N–H and O–H groups in total. The molecule has 94 valence electrons. The van der Waals surface area contributed by atoms with Crippen LogP contribution < -0.4 is 0 Å². The van der Waals surface area contributed by atoms with Gasteiger partial charge in [-0.2, -0.15) is 0 Å². The van der Waals surface area contributed by atoms with Crippen LogP contribution in [0.2, 0.25) is 0 Å². The zero-order valence-corrected chi connectivity index (χ0v) is 12.4. The Morgan fingerprint density at radius 3 is 1.69 bits per heavy atom. The summed E-state index contributed by atoms with van der Waals surface area (Å²) in [6.45, 7) is 19.8. The molecule has 0 aliphatic heterocycles. The molecule has 0 saturated carbocycles. The number of nitrogens with zero attached hydrogens (tertiary/aromatic N) is 1. The normalized spacial score (nSPS) is 7.00. The van der Waals surface area contributed by atoms with Gasteiger partial charge in [0.15, 0.2) is 0 Å². The van der Waals surface area contributed by atoms with Crippen LogP contribution in [0.4, 0.5) is 0 Å². The van der Waals surface area contributed by atoms with Crippen molar-refractivity contribution in [1.29, 1.82) is 0 Å². The minimum atomic E-state index is 1.13. The van der Waals surface area contributed by atoms with Gasteiger partial charge in [-0.3, -0.25) is 4.98 Å². The lowest BCUT2D eigenvalue weighted by Gasteiger charge is -2.00. The molecule has 0 spiro atoms. The molecule has 0 amide bonds. The maximum absolute atomic E-state index is 4.04. The monoisotopic (exact) mass is 223 g/mol. The molecule has 0 radical (unpaired) electrons. The third kappa shape index (κ3) is 8.22. The number of hydrogen-bond donors (Lipinski definition) is 0. The van der Waals surface area contributed by atoms with Crippen molar-refractivity contribution in [2.45, 2.75) is 55.4 Å². The highest BCUT2D eigenvalue weighted by Gasteiger charge is 1.95. The van der Waals surface area contributed by atoms with Crippen LogP contribution in [0.3, 0.4) is 0 Å². The van der Waals surface area contributed by atoms with E-state index in [0.29, 0.717) is 0 Å². The molecular weight excluding hydrogens is 194 g/mol. The summed E-state index contributed by atoms with van der Waals surface area (Å²) in [5.74, 6) is 0. The summed E-state index contributed by atoms with van der Waals surface area (Å²) in [4.78, 5) is 4.04.